The van der Waals surface area contributed by atoms with Crippen LogP contribution in [0.15, 0.2) is 38.0 Å². The number of hydrogen-bond acceptors (Lipinski definition) is 5. The second kappa shape index (κ2) is 4.00. The van der Waals surface area contributed by atoms with Gasteiger partial charge in [-0.25, -0.2) is 4.79 Å². The van der Waals surface area contributed by atoms with Gasteiger partial charge in [-0.1, -0.05) is 0 Å². The van der Waals surface area contributed by atoms with Crippen molar-refractivity contribution in [1.29, 1.82) is 0 Å². The second-order valence-electron chi connectivity index (χ2n) is 2.80. The zero-order valence-electron chi connectivity index (χ0n) is 8.10. The first-order valence-electron chi connectivity index (χ1n) is 4.49. The van der Waals surface area contributed by atoms with Crippen LogP contribution in [-0.4, -0.2) is 11.8 Å². The lowest BCUT2D eigenvalue weighted by Crippen LogP contribution is -1.90. The minimum absolute atomic E-state index is 0.169. The largest absolute Gasteiger partial charge is 0.542 e. The van der Waals surface area contributed by atoms with Gasteiger partial charge >= 0.3 is 5.82 Å². The van der Waals surface area contributed by atoms with Crippen molar-refractivity contribution in [2.75, 3.05) is 6.61 Å². The van der Waals surface area contributed by atoms with Gasteiger partial charge in [-0.2, -0.15) is 0 Å². The molecule has 5 heteroatoms. The van der Waals surface area contributed by atoms with E-state index in [0.717, 1.165) is 5.75 Å². The van der Waals surface area contributed by atoms with Crippen LogP contribution in [0.4, 0.5) is 0 Å². The van der Waals surface area contributed by atoms with E-state index in [2.05, 4.69) is 9.68 Å². The van der Waals surface area contributed by atoms with Crippen molar-refractivity contribution in [3.05, 3.63) is 34.9 Å². The second-order valence-corrected chi connectivity index (χ2v) is 2.80. The van der Waals surface area contributed by atoms with Gasteiger partial charge in [0.25, 0.3) is 5.89 Å². The topological polar surface area (TPSA) is 65.5 Å². The van der Waals surface area contributed by atoms with Crippen LogP contribution in [0.1, 0.15) is 6.92 Å². The fourth-order valence-corrected chi connectivity index (χ4v) is 1.17. The van der Waals surface area contributed by atoms with Gasteiger partial charge in [-0.3, -0.25) is 4.52 Å². The summed E-state index contributed by atoms with van der Waals surface area (Å²) in [6.07, 6.45) is 0. The molecule has 5 nitrogen and oxygen atoms in total. The van der Waals surface area contributed by atoms with Crippen molar-refractivity contribution in [1.82, 2.24) is 5.16 Å². The standard InChI is InChI=1S/C10H9NO4/c1-2-13-8-5-3-7(4-6-8)9-11-15-10(12)14-9/h3-6H,2H2,1H3. The first-order chi connectivity index (χ1) is 7.29. The molecule has 1 aromatic heterocycles. The number of hydrogen-bond donors (Lipinski definition) is 0. The van der Waals surface area contributed by atoms with Crippen LogP contribution in [0.2, 0.25) is 0 Å². The van der Waals surface area contributed by atoms with E-state index in [4.69, 9.17) is 9.15 Å². The Morgan fingerprint density at radius 1 is 1.33 bits per heavy atom. The molecule has 0 amide bonds. The Balaban J connectivity index is 2.27. The summed E-state index contributed by atoms with van der Waals surface area (Å²) < 4.78 is 14.3. The Labute approximate surface area is 85.3 Å². The molecule has 0 aliphatic rings. The molecular formula is C10H9NO4. The molecule has 1 aromatic carbocycles. The van der Waals surface area contributed by atoms with E-state index in [1.54, 1.807) is 24.3 Å². The molecule has 2 rings (SSSR count). The Kier molecular flexibility index (Phi) is 2.53. The molecule has 0 N–H and O–H groups in total. The van der Waals surface area contributed by atoms with Gasteiger partial charge in [-0.15, -0.1) is 0 Å². The Morgan fingerprint density at radius 2 is 2.07 bits per heavy atom. The summed E-state index contributed by atoms with van der Waals surface area (Å²) in [6, 6.07) is 7.03. The SMILES string of the molecule is CCOc1ccc(-c2noc(=O)o2)cc1. The molecule has 0 spiro atoms. The monoisotopic (exact) mass is 207 g/mol. The van der Waals surface area contributed by atoms with E-state index < -0.39 is 5.82 Å². The molecule has 78 valence electrons. The Morgan fingerprint density at radius 3 is 2.60 bits per heavy atom. The van der Waals surface area contributed by atoms with Crippen molar-refractivity contribution < 1.29 is 13.7 Å². The van der Waals surface area contributed by atoms with E-state index in [1.807, 2.05) is 6.92 Å². The van der Waals surface area contributed by atoms with Gasteiger partial charge < -0.3 is 9.15 Å². The van der Waals surface area contributed by atoms with E-state index in [1.165, 1.54) is 0 Å². The molecule has 0 fully saturated rings. The van der Waals surface area contributed by atoms with Gasteiger partial charge in [0, 0.05) is 5.56 Å². The van der Waals surface area contributed by atoms with Crippen LogP contribution in [0.5, 0.6) is 5.75 Å². The number of aromatic nitrogens is 1. The molecule has 1 heterocycles. The van der Waals surface area contributed by atoms with Crippen molar-refractivity contribution in [3.63, 3.8) is 0 Å². The fourth-order valence-electron chi connectivity index (χ4n) is 1.17. The molecule has 0 radical (unpaired) electrons. The van der Waals surface area contributed by atoms with E-state index >= 15 is 0 Å². The summed E-state index contributed by atoms with van der Waals surface area (Å²) in [7, 11) is 0. The molecule has 0 bridgehead atoms. The minimum atomic E-state index is -0.807. The zero-order chi connectivity index (χ0) is 10.7. The van der Waals surface area contributed by atoms with E-state index in [9.17, 15) is 4.79 Å². The molecule has 2 aromatic rings. The summed E-state index contributed by atoms with van der Waals surface area (Å²) in [6.45, 7) is 2.52. The van der Waals surface area contributed by atoms with Gasteiger partial charge in [0.2, 0.25) is 0 Å². The summed E-state index contributed by atoms with van der Waals surface area (Å²) >= 11 is 0. The number of nitrogens with zero attached hydrogens (tertiary/aromatic N) is 1. The van der Waals surface area contributed by atoms with Crippen LogP contribution >= 0.6 is 0 Å². The zero-order valence-corrected chi connectivity index (χ0v) is 8.10. The van der Waals surface area contributed by atoms with E-state index in [-0.39, 0.29) is 5.89 Å². The molecule has 0 saturated carbocycles. The summed E-state index contributed by atoms with van der Waals surface area (Å²) in [5.41, 5.74) is 0.671. The van der Waals surface area contributed by atoms with Gasteiger partial charge in [0.05, 0.1) is 6.61 Å². The summed E-state index contributed by atoms with van der Waals surface area (Å²) in [5, 5.41) is 3.47. The van der Waals surface area contributed by atoms with Gasteiger partial charge in [0.15, 0.2) is 0 Å². The summed E-state index contributed by atoms with van der Waals surface area (Å²) in [4.78, 5) is 10.6. The quantitative estimate of drug-likeness (QED) is 0.766. The third kappa shape index (κ3) is 2.07. The third-order valence-corrected chi connectivity index (χ3v) is 1.80. The maximum atomic E-state index is 10.6. The van der Waals surface area contributed by atoms with Gasteiger partial charge in [-0.05, 0) is 36.3 Å². The molecule has 0 unspecified atom stereocenters. The summed E-state index contributed by atoms with van der Waals surface area (Å²) in [5.74, 6) is 0.119. The first kappa shape index (κ1) is 9.51. The van der Waals surface area contributed by atoms with Crippen molar-refractivity contribution in [3.8, 4) is 17.2 Å². The van der Waals surface area contributed by atoms with Crippen LogP contribution in [0.25, 0.3) is 11.5 Å². The Hall–Kier alpha value is -2.04. The lowest BCUT2D eigenvalue weighted by atomic mass is 10.2. The lowest BCUT2D eigenvalue weighted by molar-refractivity contribution is 0.335. The van der Waals surface area contributed by atoms with Crippen LogP contribution < -0.4 is 10.6 Å². The highest BCUT2D eigenvalue weighted by atomic mass is 16.6. The molecule has 0 aliphatic carbocycles. The molecule has 0 atom stereocenters. The number of benzene rings is 1. The lowest BCUT2D eigenvalue weighted by Gasteiger charge is -2.01. The fraction of sp³-hybridized carbons (Fsp3) is 0.200. The highest BCUT2D eigenvalue weighted by molar-refractivity contribution is 5.53. The maximum absolute atomic E-state index is 10.6. The predicted molar refractivity (Wildman–Crippen MR) is 51.6 cm³/mol. The van der Waals surface area contributed by atoms with Gasteiger partial charge in [0.1, 0.15) is 5.75 Å². The molecular weight excluding hydrogens is 198 g/mol. The van der Waals surface area contributed by atoms with Crippen LogP contribution in [-0.2, 0) is 0 Å². The Bertz CT molecular complexity index is 483. The average Bonchev–Trinajstić information content (AvgIpc) is 2.67. The smallest absolute Gasteiger partial charge is 0.494 e. The normalized spacial score (nSPS) is 10.2. The predicted octanol–water partition coefficient (Wildman–Crippen LogP) is 1.69. The molecule has 15 heavy (non-hydrogen) atoms. The number of rotatable bonds is 3. The van der Waals surface area contributed by atoms with Crippen molar-refractivity contribution >= 4 is 0 Å². The maximum Gasteiger partial charge on any atom is 0.542 e. The number of ether oxygens (including phenoxy) is 1. The third-order valence-electron chi connectivity index (χ3n) is 1.80. The minimum Gasteiger partial charge on any atom is -0.494 e. The van der Waals surface area contributed by atoms with Crippen LogP contribution in [0, 0.1) is 0 Å². The first-order valence-corrected chi connectivity index (χ1v) is 4.49. The molecule has 0 aliphatic heterocycles. The van der Waals surface area contributed by atoms with Crippen molar-refractivity contribution in [2.24, 2.45) is 0 Å². The average molecular weight is 207 g/mol. The highest BCUT2D eigenvalue weighted by Gasteiger charge is 2.06. The van der Waals surface area contributed by atoms with E-state index in [0.29, 0.717) is 12.2 Å². The van der Waals surface area contributed by atoms with Crippen LogP contribution in [0.3, 0.4) is 0 Å². The van der Waals surface area contributed by atoms with Crippen molar-refractivity contribution in [2.45, 2.75) is 6.92 Å². The highest BCUT2D eigenvalue weighted by Crippen LogP contribution is 2.19. The molecule has 0 saturated heterocycles.